The standard InChI is InChI=1S/C17H28FN3O/c1-6-19-16(21-13(2)11-22-5)20-12-17(3,4)14-8-7-9-15(18)10-14/h7-10,13H,6,11-12H2,1-5H3,(H2,19,20,21). The maximum Gasteiger partial charge on any atom is 0.191 e. The van der Waals surface area contributed by atoms with Gasteiger partial charge >= 0.3 is 0 Å². The van der Waals surface area contributed by atoms with Gasteiger partial charge in [-0.1, -0.05) is 26.0 Å². The van der Waals surface area contributed by atoms with E-state index in [0.717, 1.165) is 18.1 Å². The van der Waals surface area contributed by atoms with Crippen LogP contribution < -0.4 is 10.6 Å². The lowest BCUT2D eigenvalue weighted by atomic mass is 9.85. The van der Waals surface area contributed by atoms with E-state index in [0.29, 0.717) is 13.2 Å². The third kappa shape index (κ3) is 6.02. The molecule has 5 heteroatoms. The van der Waals surface area contributed by atoms with Crippen molar-refractivity contribution in [3.05, 3.63) is 35.6 Å². The summed E-state index contributed by atoms with van der Waals surface area (Å²) >= 11 is 0. The number of ether oxygens (including phenoxy) is 1. The van der Waals surface area contributed by atoms with Crippen molar-refractivity contribution in [2.24, 2.45) is 4.99 Å². The second-order valence-corrected chi connectivity index (χ2v) is 6.09. The van der Waals surface area contributed by atoms with Crippen LogP contribution in [0.4, 0.5) is 4.39 Å². The molecule has 0 heterocycles. The maximum absolute atomic E-state index is 13.4. The van der Waals surface area contributed by atoms with Crippen molar-refractivity contribution in [3.63, 3.8) is 0 Å². The summed E-state index contributed by atoms with van der Waals surface area (Å²) in [6, 6.07) is 6.87. The molecule has 0 saturated heterocycles. The minimum absolute atomic E-state index is 0.167. The molecule has 1 unspecified atom stereocenters. The van der Waals surface area contributed by atoms with Crippen LogP contribution in [0, 0.1) is 5.82 Å². The van der Waals surface area contributed by atoms with Crippen LogP contribution in [0.2, 0.25) is 0 Å². The van der Waals surface area contributed by atoms with E-state index < -0.39 is 0 Å². The second-order valence-electron chi connectivity index (χ2n) is 6.09. The molecule has 0 saturated carbocycles. The summed E-state index contributed by atoms with van der Waals surface area (Å²) in [5.74, 6) is 0.532. The molecule has 2 N–H and O–H groups in total. The van der Waals surface area contributed by atoms with Gasteiger partial charge in [-0.15, -0.1) is 0 Å². The fraction of sp³-hybridized carbons (Fsp3) is 0.588. The number of aliphatic imine (C=N–C) groups is 1. The van der Waals surface area contributed by atoms with E-state index >= 15 is 0 Å². The predicted molar refractivity (Wildman–Crippen MR) is 89.9 cm³/mol. The molecular weight excluding hydrogens is 281 g/mol. The van der Waals surface area contributed by atoms with Gasteiger partial charge < -0.3 is 15.4 Å². The Kier molecular flexibility index (Phi) is 7.32. The van der Waals surface area contributed by atoms with E-state index in [2.05, 4.69) is 29.5 Å². The highest BCUT2D eigenvalue weighted by molar-refractivity contribution is 5.80. The van der Waals surface area contributed by atoms with E-state index in [1.54, 1.807) is 19.2 Å². The van der Waals surface area contributed by atoms with Gasteiger partial charge in [-0.3, -0.25) is 4.99 Å². The molecule has 0 aliphatic heterocycles. The molecule has 0 spiro atoms. The fourth-order valence-electron chi connectivity index (χ4n) is 2.12. The van der Waals surface area contributed by atoms with Gasteiger partial charge in [-0.25, -0.2) is 4.39 Å². The van der Waals surface area contributed by atoms with Crippen LogP contribution in [0.25, 0.3) is 0 Å². The molecule has 1 aromatic carbocycles. The highest BCUT2D eigenvalue weighted by Gasteiger charge is 2.21. The number of nitrogens with zero attached hydrogens (tertiary/aromatic N) is 1. The third-order valence-electron chi connectivity index (χ3n) is 3.38. The van der Waals surface area contributed by atoms with Gasteiger partial charge in [0.25, 0.3) is 0 Å². The van der Waals surface area contributed by atoms with Gasteiger partial charge in [0.15, 0.2) is 5.96 Å². The monoisotopic (exact) mass is 309 g/mol. The van der Waals surface area contributed by atoms with Crippen LogP contribution >= 0.6 is 0 Å². The number of rotatable bonds is 7. The average Bonchev–Trinajstić information content (AvgIpc) is 2.45. The number of methoxy groups -OCH3 is 1. The molecule has 0 fully saturated rings. The Labute approximate surface area is 133 Å². The molecule has 0 aliphatic rings. The summed E-state index contributed by atoms with van der Waals surface area (Å²) in [6.07, 6.45) is 0. The summed E-state index contributed by atoms with van der Waals surface area (Å²) in [5.41, 5.74) is 0.701. The van der Waals surface area contributed by atoms with E-state index in [1.807, 2.05) is 19.9 Å². The van der Waals surface area contributed by atoms with E-state index in [-0.39, 0.29) is 17.3 Å². The molecule has 1 aromatic rings. The third-order valence-corrected chi connectivity index (χ3v) is 3.38. The molecule has 1 rings (SSSR count). The fourth-order valence-corrected chi connectivity index (χ4v) is 2.12. The number of hydrogen-bond donors (Lipinski definition) is 2. The highest BCUT2D eigenvalue weighted by Crippen LogP contribution is 2.24. The van der Waals surface area contributed by atoms with Gasteiger partial charge in [0.1, 0.15) is 5.82 Å². The Hall–Kier alpha value is -1.62. The number of benzene rings is 1. The van der Waals surface area contributed by atoms with Crippen molar-refractivity contribution in [1.29, 1.82) is 0 Å². The second kappa shape index (κ2) is 8.73. The van der Waals surface area contributed by atoms with E-state index in [1.165, 1.54) is 6.07 Å². The SMILES string of the molecule is CCNC(=NCC(C)(C)c1cccc(F)c1)NC(C)COC. The first kappa shape index (κ1) is 18.4. The van der Waals surface area contributed by atoms with Crippen molar-refractivity contribution in [3.8, 4) is 0 Å². The summed E-state index contributed by atoms with van der Waals surface area (Å²) < 4.78 is 18.5. The van der Waals surface area contributed by atoms with Gasteiger partial charge in [-0.05, 0) is 31.5 Å². The van der Waals surface area contributed by atoms with Crippen LogP contribution in [0.5, 0.6) is 0 Å². The average molecular weight is 309 g/mol. The first-order valence-electron chi connectivity index (χ1n) is 7.69. The van der Waals surface area contributed by atoms with Crippen molar-refractivity contribution < 1.29 is 9.13 Å². The Balaban J connectivity index is 2.79. The lowest BCUT2D eigenvalue weighted by Gasteiger charge is -2.24. The smallest absolute Gasteiger partial charge is 0.191 e. The summed E-state index contributed by atoms with van der Waals surface area (Å²) in [5, 5.41) is 6.51. The molecule has 0 aliphatic carbocycles. The molecule has 1 atom stereocenters. The topological polar surface area (TPSA) is 45.7 Å². The lowest BCUT2D eigenvalue weighted by Crippen LogP contribution is -2.44. The zero-order chi connectivity index (χ0) is 16.6. The molecular formula is C17H28FN3O. The number of halogens is 1. The molecule has 0 radical (unpaired) electrons. The van der Waals surface area contributed by atoms with Crippen LogP contribution in [-0.2, 0) is 10.2 Å². The summed E-state index contributed by atoms with van der Waals surface area (Å²) in [6.45, 7) is 10.1. The zero-order valence-electron chi connectivity index (χ0n) is 14.2. The Morgan fingerprint density at radius 3 is 2.73 bits per heavy atom. The van der Waals surface area contributed by atoms with Crippen LogP contribution in [-0.4, -0.2) is 38.8 Å². The van der Waals surface area contributed by atoms with Gasteiger partial charge in [-0.2, -0.15) is 0 Å². The van der Waals surface area contributed by atoms with Crippen LogP contribution in [0.15, 0.2) is 29.3 Å². The molecule has 22 heavy (non-hydrogen) atoms. The summed E-state index contributed by atoms with van der Waals surface area (Å²) in [4.78, 5) is 4.63. The molecule has 0 amide bonds. The largest absolute Gasteiger partial charge is 0.383 e. The number of hydrogen-bond acceptors (Lipinski definition) is 2. The highest BCUT2D eigenvalue weighted by atomic mass is 19.1. The van der Waals surface area contributed by atoms with Crippen molar-refractivity contribution in [1.82, 2.24) is 10.6 Å². The van der Waals surface area contributed by atoms with Crippen molar-refractivity contribution >= 4 is 5.96 Å². The Morgan fingerprint density at radius 1 is 1.41 bits per heavy atom. The first-order valence-corrected chi connectivity index (χ1v) is 7.69. The van der Waals surface area contributed by atoms with Crippen molar-refractivity contribution in [2.75, 3.05) is 26.8 Å². The van der Waals surface area contributed by atoms with Crippen LogP contribution in [0.1, 0.15) is 33.3 Å². The molecule has 4 nitrogen and oxygen atoms in total. The maximum atomic E-state index is 13.4. The zero-order valence-corrected chi connectivity index (χ0v) is 14.2. The van der Waals surface area contributed by atoms with Crippen LogP contribution in [0.3, 0.4) is 0 Å². The Bertz CT molecular complexity index is 489. The number of guanidine groups is 1. The lowest BCUT2D eigenvalue weighted by molar-refractivity contribution is 0.179. The minimum Gasteiger partial charge on any atom is -0.383 e. The van der Waals surface area contributed by atoms with Gasteiger partial charge in [0.2, 0.25) is 0 Å². The normalized spacial score (nSPS) is 13.8. The number of nitrogens with one attached hydrogen (secondary N) is 2. The molecule has 0 bridgehead atoms. The van der Waals surface area contributed by atoms with Gasteiger partial charge in [0, 0.05) is 25.1 Å². The molecule has 124 valence electrons. The van der Waals surface area contributed by atoms with E-state index in [9.17, 15) is 4.39 Å². The first-order chi connectivity index (χ1) is 10.4. The van der Waals surface area contributed by atoms with E-state index in [4.69, 9.17) is 4.74 Å². The minimum atomic E-state index is -0.241. The van der Waals surface area contributed by atoms with Crippen molar-refractivity contribution in [2.45, 2.75) is 39.2 Å². The van der Waals surface area contributed by atoms with Gasteiger partial charge in [0.05, 0.1) is 13.2 Å². The predicted octanol–water partition coefficient (Wildman–Crippen LogP) is 2.69. The molecule has 0 aromatic heterocycles. The Morgan fingerprint density at radius 2 is 2.14 bits per heavy atom. The summed E-state index contributed by atoms with van der Waals surface area (Å²) in [7, 11) is 1.68. The quantitative estimate of drug-likeness (QED) is 0.601.